The number of aromatic amines is 1. The molecule has 1 aromatic carbocycles. The zero-order valence-corrected chi connectivity index (χ0v) is 12.4. The van der Waals surface area contributed by atoms with Gasteiger partial charge in [-0.15, -0.1) is 0 Å². The number of hydrogen-bond acceptors (Lipinski definition) is 2. The molecule has 0 atom stereocenters. The topological polar surface area (TPSA) is 40.7 Å². The molecule has 2 N–H and O–H groups in total. The van der Waals surface area contributed by atoms with Gasteiger partial charge in [0.2, 0.25) is 0 Å². The fourth-order valence-corrected chi connectivity index (χ4v) is 3.10. The van der Waals surface area contributed by atoms with E-state index in [2.05, 4.69) is 53.6 Å². The molecule has 0 saturated carbocycles. The first-order valence-electron chi connectivity index (χ1n) is 7.64. The van der Waals surface area contributed by atoms with Gasteiger partial charge >= 0.3 is 0 Å². The first-order chi connectivity index (χ1) is 9.79. The minimum absolute atomic E-state index is 0.632. The summed E-state index contributed by atoms with van der Waals surface area (Å²) in [6, 6.07) is 8.78. The molecule has 1 aromatic heterocycles. The maximum Gasteiger partial charge on any atom is 0.0952 e. The molecule has 3 rings (SSSR count). The summed E-state index contributed by atoms with van der Waals surface area (Å²) in [5.41, 5.74) is 6.36. The van der Waals surface area contributed by atoms with Crippen LogP contribution in [0.3, 0.4) is 0 Å². The van der Waals surface area contributed by atoms with Gasteiger partial charge in [-0.05, 0) is 50.4 Å². The average Bonchev–Trinajstić information content (AvgIpc) is 2.90. The van der Waals surface area contributed by atoms with E-state index >= 15 is 0 Å². The Morgan fingerprint density at radius 3 is 2.50 bits per heavy atom. The van der Waals surface area contributed by atoms with Crippen molar-refractivity contribution in [2.24, 2.45) is 0 Å². The Kier molecular flexibility index (Phi) is 3.88. The number of piperidine rings is 1. The van der Waals surface area contributed by atoms with Crippen molar-refractivity contribution in [2.75, 3.05) is 13.1 Å². The summed E-state index contributed by atoms with van der Waals surface area (Å²) in [4.78, 5) is 0. The second-order valence-corrected chi connectivity index (χ2v) is 5.69. The Morgan fingerprint density at radius 2 is 1.85 bits per heavy atom. The van der Waals surface area contributed by atoms with Crippen LogP contribution >= 0.6 is 0 Å². The van der Waals surface area contributed by atoms with Crippen molar-refractivity contribution in [3.8, 4) is 11.3 Å². The van der Waals surface area contributed by atoms with E-state index in [0.717, 1.165) is 25.2 Å². The largest absolute Gasteiger partial charge is 0.317 e. The van der Waals surface area contributed by atoms with E-state index in [0.29, 0.717) is 5.92 Å². The molecule has 1 aliphatic heterocycles. The molecule has 0 unspecified atom stereocenters. The molecule has 0 radical (unpaired) electrons. The summed E-state index contributed by atoms with van der Waals surface area (Å²) >= 11 is 0. The lowest BCUT2D eigenvalue weighted by Crippen LogP contribution is -2.27. The van der Waals surface area contributed by atoms with Crippen LogP contribution in [0, 0.1) is 6.92 Å². The predicted molar refractivity (Wildman–Crippen MR) is 83.0 cm³/mol. The molecule has 0 aliphatic carbocycles. The predicted octanol–water partition coefficient (Wildman–Crippen LogP) is 3.41. The van der Waals surface area contributed by atoms with Gasteiger partial charge in [0.15, 0.2) is 0 Å². The Hall–Kier alpha value is -1.61. The molecule has 0 amide bonds. The van der Waals surface area contributed by atoms with Crippen LogP contribution in [0.25, 0.3) is 11.3 Å². The van der Waals surface area contributed by atoms with E-state index in [1.54, 1.807) is 0 Å². The van der Waals surface area contributed by atoms with Crippen molar-refractivity contribution < 1.29 is 0 Å². The Morgan fingerprint density at radius 1 is 1.15 bits per heavy atom. The van der Waals surface area contributed by atoms with Crippen LogP contribution in [-0.4, -0.2) is 23.3 Å². The van der Waals surface area contributed by atoms with E-state index in [-0.39, 0.29) is 0 Å². The number of nitrogens with one attached hydrogen (secondary N) is 2. The Labute approximate surface area is 120 Å². The summed E-state index contributed by atoms with van der Waals surface area (Å²) in [5.74, 6) is 0.632. The minimum Gasteiger partial charge on any atom is -0.317 e. The second-order valence-electron chi connectivity index (χ2n) is 5.69. The molecule has 1 fully saturated rings. The van der Waals surface area contributed by atoms with Gasteiger partial charge in [-0.2, -0.15) is 5.10 Å². The quantitative estimate of drug-likeness (QED) is 0.896. The number of rotatable bonds is 3. The Balaban J connectivity index is 1.88. The van der Waals surface area contributed by atoms with Gasteiger partial charge in [0, 0.05) is 17.2 Å². The molecule has 2 aromatic rings. The van der Waals surface area contributed by atoms with Gasteiger partial charge in [0.25, 0.3) is 0 Å². The zero-order valence-electron chi connectivity index (χ0n) is 12.4. The molecule has 106 valence electrons. The highest BCUT2D eigenvalue weighted by Gasteiger charge is 2.21. The van der Waals surface area contributed by atoms with Crippen molar-refractivity contribution in [3.05, 3.63) is 41.1 Å². The molecule has 20 heavy (non-hydrogen) atoms. The number of H-pyrrole nitrogens is 1. The number of benzene rings is 1. The average molecular weight is 269 g/mol. The van der Waals surface area contributed by atoms with E-state index in [4.69, 9.17) is 0 Å². The molecule has 0 bridgehead atoms. The van der Waals surface area contributed by atoms with Crippen molar-refractivity contribution in [1.29, 1.82) is 0 Å². The van der Waals surface area contributed by atoms with Crippen molar-refractivity contribution in [1.82, 2.24) is 15.5 Å². The first kappa shape index (κ1) is 13.4. The molecule has 1 saturated heterocycles. The highest BCUT2D eigenvalue weighted by molar-refractivity contribution is 5.64. The van der Waals surface area contributed by atoms with Gasteiger partial charge in [0.05, 0.1) is 5.69 Å². The molecular formula is C17H23N3. The van der Waals surface area contributed by atoms with E-state index in [1.165, 1.54) is 35.2 Å². The SMILES string of the molecule is CCc1ccc(-c2n[nH]c(C3CCNCC3)c2C)cc1. The van der Waals surface area contributed by atoms with Crippen LogP contribution < -0.4 is 5.32 Å². The third kappa shape index (κ3) is 2.50. The summed E-state index contributed by atoms with van der Waals surface area (Å²) < 4.78 is 0. The van der Waals surface area contributed by atoms with Gasteiger partial charge in [-0.1, -0.05) is 31.2 Å². The lowest BCUT2D eigenvalue weighted by atomic mass is 9.91. The Bertz CT molecular complexity index is 562. The van der Waals surface area contributed by atoms with Gasteiger partial charge in [-0.25, -0.2) is 0 Å². The smallest absolute Gasteiger partial charge is 0.0952 e. The third-order valence-corrected chi connectivity index (χ3v) is 4.43. The lowest BCUT2D eigenvalue weighted by molar-refractivity contribution is 0.451. The maximum absolute atomic E-state index is 4.57. The van der Waals surface area contributed by atoms with Crippen LogP contribution in [0.2, 0.25) is 0 Å². The summed E-state index contributed by atoms with van der Waals surface area (Å²) in [5, 5.41) is 11.3. The zero-order chi connectivity index (χ0) is 13.9. The third-order valence-electron chi connectivity index (χ3n) is 4.43. The molecule has 2 heterocycles. The maximum atomic E-state index is 4.57. The fourth-order valence-electron chi connectivity index (χ4n) is 3.10. The van der Waals surface area contributed by atoms with Crippen LogP contribution in [-0.2, 0) is 6.42 Å². The van der Waals surface area contributed by atoms with Crippen LogP contribution in [0.4, 0.5) is 0 Å². The molecule has 1 aliphatic rings. The van der Waals surface area contributed by atoms with Gasteiger partial charge in [0.1, 0.15) is 0 Å². The molecule has 3 nitrogen and oxygen atoms in total. The number of aromatic nitrogens is 2. The van der Waals surface area contributed by atoms with Gasteiger partial charge < -0.3 is 5.32 Å². The van der Waals surface area contributed by atoms with E-state index < -0.39 is 0 Å². The molecular weight excluding hydrogens is 246 g/mol. The number of aryl methyl sites for hydroxylation is 1. The first-order valence-corrected chi connectivity index (χ1v) is 7.64. The van der Waals surface area contributed by atoms with Crippen molar-refractivity contribution in [2.45, 2.75) is 39.0 Å². The van der Waals surface area contributed by atoms with Crippen LogP contribution in [0.5, 0.6) is 0 Å². The highest BCUT2D eigenvalue weighted by atomic mass is 15.1. The number of nitrogens with zero attached hydrogens (tertiary/aromatic N) is 1. The fraction of sp³-hybridized carbons (Fsp3) is 0.471. The minimum atomic E-state index is 0.632. The normalized spacial score (nSPS) is 16.5. The summed E-state index contributed by atoms with van der Waals surface area (Å²) in [6.45, 7) is 6.61. The highest BCUT2D eigenvalue weighted by Crippen LogP contribution is 2.31. The van der Waals surface area contributed by atoms with Crippen molar-refractivity contribution >= 4 is 0 Å². The lowest BCUT2D eigenvalue weighted by Gasteiger charge is -2.22. The van der Waals surface area contributed by atoms with Crippen LogP contribution in [0.1, 0.15) is 42.5 Å². The van der Waals surface area contributed by atoms with Gasteiger partial charge in [-0.3, -0.25) is 5.10 Å². The standard InChI is InChI=1S/C17H23N3/c1-3-13-4-6-14(7-5-13)16-12(2)17(20-19-16)15-8-10-18-11-9-15/h4-7,15,18H,3,8-11H2,1-2H3,(H,19,20). The molecule has 3 heteroatoms. The van der Waals surface area contributed by atoms with E-state index in [1.807, 2.05) is 0 Å². The second kappa shape index (κ2) is 5.80. The van der Waals surface area contributed by atoms with Crippen molar-refractivity contribution in [3.63, 3.8) is 0 Å². The van der Waals surface area contributed by atoms with E-state index in [9.17, 15) is 0 Å². The monoisotopic (exact) mass is 269 g/mol. The summed E-state index contributed by atoms with van der Waals surface area (Å²) in [7, 11) is 0. The summed E-state index contributed by atoms with van der Waals surface area (Å²) in [6.07, 6.45) is 3.49. The van der Waals surface area contributed by atoms with Crippen LogP contribution in [0.15, 0.2) is 24.3 Å². The molecule has 0 spiro atoms. The number of hydrogen-bond donors (Lipinski definition) is 2.